The number of hydrogen-bond donors (Lipinski definition) is 0. The van der Waals surface area contributed by atoms with E-state index in [1.165, 1.54) is 18.2 Å². The van der Waals surface area contributed by atoms with Gasteiger partial charge >= 0.3 is 0 Å². The molecule has 0 unspecified atom stereocenters. The molecule has 3 heteroatoms. The van der Waals surface area contributed by atoms with Crippen LogP contribution in [0.1, 0.15) is 5.56 Å². The summed E-state index contributed by atoms with van der Waals surface area (Å²) in [6.07, 6.45) is 1.50. The summed E-state index contributed by atoms with van der Waals surface area (Å²) in [5, 5.41) is 17.4. The fraction of sp³-hybridized carbons (Fsp3) is 0. The Balaban J connectivity index is 2.44. The summed E-state index contributed by atoms with van der Waals surface area (Å²) in [6, 6.07) is 17.1. The van der Waals surface area contributed by atoms with Crippen molar-refractivity contribution in [3.63, 3.8) is 0 Å². The minimum absolute atomic E-state index is 0.0383. The SMILES string of the molecule is N#CC(C#N)=Cc1cccc(-c2cccc(F)c2)c1. The number of rotatable bonds is 2. The fourth-order valence-electron chi connectivity index (χ4n) is 1.73. The lowest BCUT2D eigenvalue weighted by Crippen LogP contribution is -1.82. The summed E-state index contributed by atoms with van der Waals surface area (Å²) in [5.74, 6) is -0.298. The zero-order valence-electron chi connectivity index (χ0n) is 9.97. The second-order valence-electron chi connectivity index (χ2n) is 3.92. The van der Waals surface area contributed by atoms with Crippen LogP contribution in [0.2, 0.25) is 0 Å². The maximum atomic E-state index is 13.2. The summed E-state index contributed by atoms with van der Waals surface area (Å²) in [4.78, 5) is 0. The van der Waals surface area contributed by atoms with Gasteiger partial charge in [-0.2, -0.15) is 10.5 Å². The van der Waals surface area contributed by atoms with E-state index in [-0.39, 0.29) is 11.4 Å². The average Bonchev–Trinajstić information content (AvgIpc) is 2.45. The number of nitrogens with zero attached hydrogens (tertiary/aromatic N) is 2. The van der Waals surface area contributed by atoms with Crippen LogP contribution in [0.3, 0.4) is 0 Å². The molecule has 0 amide bonds. The van der Waals surface area contributed by atoms with E-state index in [9.17, 15) is 4.39 Å². The van der Waals surface area contributed by atoms with Gasteiger partial charge in [0.2, 0.25) is 0 Å². The van der Waals surface area contributed by atoms with Crippen molar-refractivity contribution in [3.8, 4) is 23.3 Å². The van der Waals surface area contributed by atoms with E-state index >= 15 is 0 Å². The van der Waals surface area contributed by atoms with Gasteiger partial charge in [0.25, 0.3) is 0 Å². The Bertz CT molecular complexity index is 702. The zero-order valence-corrected chi connectivity index (χ0v) is 9.97. The largest absolute Gasteiger partial charge is 0.207 e. The normalized spacial score (nSPS) is 9.21. The van der Waals surface area contributed by atoms with E-state index in [2.05, 4.69) is 0 Å². The van der Waals surface area contributed by atoms with Gasteiger partial charge in [-0.15, -0.1) is 0 Å². The molecule has 0 aliphatic heterocycles. The van der Waals surface area contributed by atoms with Crippen molar-refractivity contribution in [3.05, 3.63) is 65.5 Å². The second-order valence-corrected chi connectivity index (χ2v) is 3.92. The van der Waals surface area contributed by atoms with Gasteiger partial charge in [-0.1, -0.05) is 30.3 Å². The van der Waals surface area contributed by atoms with Crippen LogP contribution in [0, 0.1) is 28.5 Å². The Labute approximate surface area is 110 Å². The molecule has 2 nitrogen and oxygen atoms in total. The molecule has 0 N–H and O–H groups in total. The molecule has 0 heterocycles. The maximum absolute atomic E-state index is 13.2. The molecule has 0 radical (unpaired) electrons. The number of nitriles is 2. The number of allylic oxidation sites excluding steroid dienone is 1. The van der Waals surface area contributed by atoms with Crippen LogP contribution in [0.4, 0.5) is 4.39 Å². The third-order valence-electron chi connectivity index (χ3n) is 2.60. The second kappa shape index (κ2) is 5.62. The quantitative estimate of drug-likeness (QED) is 0.756. The predicted molar refractivity (Wildman–Crippen MR) is 71.0 cm³/mol. The van der Waals surface area contributed by atoms with Gasteiger partial charge in [0, 0.05) is 0 Å². The molecular weight excluding hydrogens is 239 g/mol. The van der Waals surface area contributed by atoms with Gasteiger partial charge in [-0.25, -0.2) is 4.39 Å². The van der Waals surface area contributed by atoms with Crippen LogP contribution in [-0.4, -0.2) is 0 Å². The van der Waals surface area contributed by atoms with Gasteiger partial charge in [0.1, 0.15) is 23.5 Å². The summed E-state index contributed by atoms with van der Waals surface area (Å²) in [7, 11) is 0. The molecule has 0 aliphatic rings. The lowest BCUT2D eigenvalue weighted by atomic mass is 10.0. The highest BCUT2D eigenvalue weighted by atomic mass is 19.1. The third kappa shape index (κ3) is 3.06. The summed E-state index contributed by atoms with van der Waals surface area (Å²) >= 11 is 0. The lowest BCUT2D eigenvalue weighted by Gasteiger charge is -2.03. The highest BCUT2D eigenvalue weighted by Crippen LogP contribution is 2.22. The fourth-order valence-corrected chi connectivity index (χ4v) is 1.73. The summed E-state index contributed by atoms with van der Waals surface area (Å²) < 4.78 is 13.2. The van der Waals surface area contributed by atoms with Crippen molar-refractivity contribution in [1.82, 2.24) is 0 Å². The van der Waals surface area contributed by atoms with Crippen molar-refractivity contribution in [1.29, 1.82) is 10.5 Å². The first-order valence-electron chi connectivity index (χ1n) is 5.61. The predicted octanol–water partition coefficient (Wildman–Crippen LogP) is 3.92. The van der Waals surface area contributed by atoms with Crippen LogP contribution in [0.25, 0.3) is 17.2 Å². The topological polar surface area (TPSA) is 47.6 Å². The Morgan fingerprint density at radius 1 is 0.947 bits per heavy atom. The molecule has 0 saturated heterocycles. The zero-order chi connectivity index (χ0) is 13.7. The lowest BCUT2D eigenvalue weighted by molar-refractivity contribution is 0.628. The van der Waals surface area contributed by atoms with Crippen LogP contribution in [0.15, 0.2) is 54.1 Å². The standard InChI is InChI=1S/C16H9FN2/c17-16-6-2-5-15(9-16)14-4-1-3-12(8-14)7-13(10-18)11-19/h1-9H. The number of hydrogen-bond acceptors (Lipinski definition) is 2. The van der Waals surface area contributed by atoms with Crippen LogP contribution in [-0.2, 0) is 0 Å². The molecule has 0 atom stereocenters. The van der Waals surface area contributed by atoms with Crippen LogP contribution < -0.4 is 0 Å². The molecule has 19 heavy (non-hydrogen) atoms. The van der Waals surface area contributed by atoms with Crippen LogP contribution in [0.5, 0.6) is 0 Å². The monoisotopic (exact) mass is 248 g/mol. The van der Waals surface area contributed by atoms with E-state index < -0.39 is 0 Å². The Kier molecular flexibility index (Phi) is 3.71. The maximum Gasteiger partial charge on any atom is 0.130 e. The van der Waals surface area contributed by atoms with E-state index in [4.69, 9.17) is 10.5 Å². The summed E-state index contributed by atoms with van der Waals surface area (Å²) in [6.45, 7) is 0. The molecule has 2 aromatic carbocycles. The Morgan fingerprint density at radius 2 is 1.58 bits per heavy atom. The molecule has 2 aromatic rings. The van der Waals surface area contributed by atoms with E-state index in [1.807, 2.05) is 24.3 Å². The van der Waals surface area contributed by atoms with E-state index in [0.717, 1.165) is 16.7 Å². The van der Waals surface area contributed by atoms with Crippen molar-refractivity contribution >= 4 is 6.08 Å². The van der Waals surface area contributed by atoms with Gasteiger partial charge in [0.05, 0.1) is 0 Å². The van der Waals surface area contributed by atoms with Crippen molar-refractivity contribution in [2.75, 3.05) is 0 Å². The van der Waals surface area contributed by atoms with Gasteiger partial charge in [-0.3, -0.25) is 0 Å². The van der Waals surface area contributed by atoms with Crippen LogP contribution >= 0.6 is 0 Å². The molecule has 0 aliphatic carbocycles. The average molecular weight is 248 g/mol. The minimum Gasteiger partial charge on any atom is -0.207 e. The van der Waals surface area contributed by atoms with Gasteiger partial charge in [-0.05, 0) is 41.0 Å². The molecule has 90 valence electrons. The molecule has 0 bridgehead atoms. The van der Waals surface area contributed by atoms with E-state index in [0.29, 0.717) is 0 Å². The number of halogens is 1. The van der Waals surface area contributed by atoms with Crippen molar-refractivity contribution < 1.29 is 4.39 Å². The Hall–Kier alpha value is -2.91. The molecule has 2 rings (SSSR count). The Morgan fingerprint density at radius 3 is 2.21 bits per heavy atom. The number of benzene rings is 2. The van der Waals surface area contributed by atoms with Gasteiger partial charge in [0.15, 0.2) is 0 Å². The molecular formula is C16H9FN2. The first kappa shape index (κ1) is 12.5. The smallest absolute Gasteiger partial charge is 0.130 e. The first-order valence-corrected chi connectivity index (χ1v) is 5.61. The highest BCUT2D eigenvalue weighted by molar-refractivity contribution is 5.70. The third-order valence-corrected chi connectivity index (χ3v) is 2.60. The summed E-state index contributed by atoms with van der Waals surface area (Å²) in [5.41, 5.74) is 2.37. The van der Waals surface area contributed by atoms with Crippen molar-refractivity contribution in [2.24, 2.45) is 0 Å². The first-order chi connectivity index (χ1) is 9.22. The minimum atomic E-state index is -0.298. The molecule has 0 fully saturated rings. The van der Waals surface area contributed by atoms with E-state index in [1.54, 1.807) is 24.3 Å². The molecule has 0 saturated carbocycles. The molecule has 0 aromatic heterocycles. The van der Waals surface area contributed by atoms with Gasteiger partial charge < -0.3 is 0 Å². The highest BCUT2D eigenvalue weighted by Gasteiger charge is 2.00. The van der Waals surface area contributed by atoms with Crippen molar-refractivity contribution in [2.45, 2.75) is 0 Å². The molecule has 0 spiro atoms.